The van der Waals surface area contributed by atoms with E-state index >= 15 is 0 Å². The summed E-state index contributed by atoms with van der Waals surface area (Å²) < 4.78 is 14.5. The summed E-state index contributed by atoms with van der Waals surface area (Å²) in [7, 11) is 0. The van der Waals surface area contributed by atoms with Crippen molar-refractivity contribution < 1.29 is 9.18 Å². The van der Waals surface area contributed by atoms with Crippen LogP contribution in [-0.2, 0) is 4.79 Å². The number of amides is 1. The van der Waals surface area contributed by atoms with E-state index in [1.54, 1.807) is 18.2 Å². The van der Waals surface area contributed by atoms with Crippen LogP contribution in [0.1, 0.15) is 0 Å². The van der Waals surface area contributed by atoms with Crippen LogP contribution >= 0.6 is 27.5 Å². The van der Waals surface area contributed by atoms with Crippen LogP contribution < -0.4 is 10.6 Å². The molecule has 104 valence electrons. The van der Waals surface area contributed by atoms with Crippen LogP contribution in [0, 0.1) is 5.82 Å². The van der Waals surface area contributed by atoms with E-state index < -0.39 is 5.82 Å². The Labute approximate surface area is 129 Å². The molecule has 2 N–H and O–H groups in total. The fourth-order valence-corrected chi connectivity index (χ4v) is 2.16. The van der Waals surface area contributed by atoms with Gasteiger partial charge in [-0.1, -0.05) is 39.7 Å². The highest BCUT2D eigenvalue weighted by molar-refractivity contribution is 9.10. The van der Waals surface area contributed by atoms with Crippen LogP contribution in [0.15, 0.2) is 46.9 Å². The summed E-state index contributed by atoms with van der Waals surface area (Å²) in [5, 5.41) is 5.42. The summed E-state index contributed by atoms with van der Waals surface area (Å²) in [5.74, 6) is -0.841. The van der Waals surface area contributed by atoms with Crippen molar-refractivity contribution in [1.29, 1.82) is 0 Å². The normalized spacial score (nSPS) is 10.2. The van der Waals surface area contributed by atoms with Gasteiger partial charge in [-0.25, -0.2) is 4.39 Å². The first-order valence-electron chi connectivity index (χ1n) is 5.79. The van der Waals surface area contributed by atoms with Gasteiger partial charge in [0, 0.05) is 10.2 Å². The Morgan fingerprint density at radius 3 is 2.75 bits per heavy atom. The van der Waals surface area contributed by atoms with E-state index in [1.807, 2.05) is 12.1 Å². The fraction of sp³-hybridized carbons (Fsp3) is 0.0714. The lowest BCUT2D eigenvalue weighted by Crippen LogP contribution is -2.22. The van der Waals surface area contributed by atoms with E-state index in [4.69, 9.17) is 11.6 Å². The summed E-state index contributed by atoms with van der Waals surface area (Å²) >= 11 is 8.97. The van der Waals surface area contributed by atoms with Gasteiger partial charge in [-0.2, -0.15) is 0 Å². The Hall–Kier alpha value is -1.59. The maximum absolute atomic E-state index is 13.6. The number of hydrogen-bond donors (Lipinski definition) is 2. The van der Waals surface area contributed by atoms with E-state index in [9.17, 15) is 9.18 Å². The molecule has 0 aliphatic carbocycles. The first-order valence-corrected chi connectivity index (χ1v) is 6.96. The number of carbonyl (C=O) groups is 1. The van der Waals surface area contributed by atoms with Gasteiger partial charge in [0.05, 0.1) is 17.3 Å². The third-order valence-electron chi connectivity index (χ3n) is 2.50. The van der Waals surface area contributed by atoms with Crippen molar-refractivity contribution in [2.75, 3.05) is 17.2 Å². The molecule has 0 heterocycles. The minimum Gasteiger partial charge on any atom is -0.374 e. The van der Waals surface area contributed by atoms with Crippen molar-refractivity contribution in [1.82, 2.24) is 0 Å². The number of nitrogens with one attached hydrogen (secondary N) is 2. The number of carbonyl (C=O) groups excluding carboxylic acids is 1. The molecule has 0 saturated heterocycles. The smallest absolute Gasteiger partial charge is 0.243 e. The zero-order valence-electron chi connectivity index (χ0n) is 10.3. The molecule has 2 rings (SSSR count). The molecule has 6 heteroatoms. The van der Waals surface area contributed by atoms with E-state index in [0.717, 1.165) is 4.47 Å². The Kier molecular flexibility index (Phi) is 4.98. The molecule has 0 aliphatic heterocycles. The number of rotatable bonds is 4. The van der Waals surface area contributed by atoms with E-state index in [1.165, 1.54) is 12.1 Å². The van der Waals surface area contributed by atoms with Gasteiger partial charge in [-0.15, -0.1) is 0 Å². The second-order valence-corrected chi connectivity index (χ2v) is 5.34. The SMILES string of the molecule is O=C(CNc1cccc(Cl)c1F)Nc1cccc(Br)c1. The van der Waals surface area contributed by atoms with E-state index in [-0.39, 0.29) is 23.2 Å². The summed E-state index contributed by atoms with van der Waals surface area (Å²) in [5.41, 5.74) is 0.861. The van der Waals surface area contributed by atoms with Gasteiger partial charge in [0.15, 0.2) is 5.82 Å². The van der Waals surface area contributed by atoms with Crippen molar-refractivity contribution in [3.63, 3.8) is 0 Å². The number of benzene rings is 2. The Balaban J connectivity index is 1.94. The lowest BCUT2D eigenvalue weighted by atomic mass is 10.3. The van der Waals surface area contributed by atoms with Gasteiger partial charge in [-0.3, -0.25) is 4.79 Å². The molecule has 0 atom stereocenters. The fourth-order valence-electron chi connectivity index (χ4n) is 1.59. The van der Waals surface area contributed by atoms with Crippen molar-refractivity contribution in [3.05, 3.63) is 57.8 Å². The van der Waals surface area contributed by atoms with Crippen molar-refractivity contribution in [2.45, 2.75) is 0 Å². The van der Waals surface area contributed by atoms with Crippen LogP contribution in [0.4, 0.5) is 15.8 Å². The molecule has 0 unspecified atom stereocenters. The minimum absolute atomic E-state index is 0.0161. The molecular weight excluding hydrogens is 347 g/mol. The van der Waals surface area contributed by atoms with Gasteiger partial charge < -0.3 is 10.6 Å². The van der Waals surface area contributed by atoms with Gasteiger partial charge in [0.25, 0.3) is 0 Å². The third kappa shape index (κ3) is 3.95. The molecule has 2 aromatic carbocycles. The van der Waals surface area contributed by atoms with Gasteiger partial charge in [0.1, 0.15) is 0 Å². The molecule has 0 aliphatic rings. The van der Waals surface area contributed by atoms with E-state index in [2.05, 4.69) is 26.6 Å². The van der Waals surface area contributed by atoms with Crippen LogP contribution in [-0.4, -0.2) is 12.5 Å². The highest BCUT2D eigenvalue weighted by Crippen LogP contribution is 2.21. The zero-order chi connectivity index (χ0) is 14.5. The molecule has 0 bridgehead atoms. The highest BCUT2D eigenvalue weighted by Gasteiger charge is 2.08. The zero-order valence-corrected chi connectivity index (χ0v) is 12.6. The molecule has 0 spiro atoms. The second-order valence-electron chi connectivity index (χ2n) is 4.01. The minimum atomic E-state index is -0.565. The summed E-state index contributed by atoms with van der Waals surface area (Å²) in [6, 6.07) is 11.8. The maximum atomic E-state index is 13.6. The number of halogens is 3. The Bertz CT molecular complexity index is 636. The third-order valence-corrected chi connectivity index (χ3v) is 3.28. The average Bonchev–Trinajstić information content (AvgIpc) is 2.40. The molecule has 0 saturated carbocycles. The monoisotopic (exact) mass is 356 g/mol. The Morgan fingerprint density at radius 2 is 2.00 bits per heavy atom. The molecule has 0 radical (unpaired) electrons. The lowest BCUT2D eigenvalue weighted by Gasteiger charge is -2.09. The molecule has 0 aromatic heterocycles. The van der Waals surface area contributed by atoms with Crippen molar-refractivity contribution >= 4 is 44.8 Å². The van der Waals surface area contributed by atoms with Crippen LogP contribution in [0.2, 0.25) is 5.02 Å². The van der Waals surface area contributed by atoms with Gasteiger partial charge >= 0.3 is 0 Å². The van der Waals surface area contributed by atoms with Crippen LogP contribution in [0.3, 0.4) is 0 Å². The predicted molar refractivity (Wildman–Crippen MR) is 82.7 cm³/mol. The second kappa shape index (κ2) is 6.72. The standard InChI is InChI=1S/C14H11BrClFN2O/c15-9-3-1-4-10(7-9)19-13(20)8-18-12-6-2-5-11(16)14(12)17/h1-7,18H,8H2,(H,19,20). The summed E-state index contributed by atoms with van der Waals surface area (Å²) in [6.07, 6.45) is 0. The number of anilines is 2. The average molecular weight is 358 g/mol. The first-order chi connectivity index (χ1) is 9.56. The predicted octanol–water partition coefficient (Wildman–Crippen LogP) is 4.29. The summed E-state index contributed by atoms with van der Waals surface area (Å²) in [4.78, 5) is 11.7. The van der Waals surface area contributed by atoms with Crippen molar-refractivity contribution in [3.8, 4) is 0 Å². The first kappa shape index (κ1) is 14.8. The molecule has 2 aromatic rings. The van der Waals surface area contributed by atoms with Gasteiger partial charge in [-0.05, 0) is 30.3 Å². The topological polar surface area (TPSA) is 41.1 Å². The van der Waals surface area contributed by atoms with Crippen molar-refractivity contribution in [2.24, 2.45) is 0 Å². The molecule has 0 fully saturated rings. The Morgan fingerprint density at radius 1 is 1.25 bits per heavy atom. The molecule has 20 heavy (non-hydrogen) atoms. The molecule has 1 amide bonds. The highest BCUT2D eigenvalue weighted by atomic mass is 79.9. The molecule has 3 nitrogen and oxygen atoms in total. The van der Waals surface area contributed by atoms with Gasteiger partial charge in [0.2, 0.25) is 5.91 Å². The van der Waals surface area contributed by atoms with E-state index in [0.29, 0.717) is 5.69 Å². The molecular formula is C14H11BrClFN2O. The maximum Gasteiger partial charge on any atom is 0.243 e. The van der Waals surface area contributed by atoms with Crippen LogP contribution in [0.25, 0.3) is 0 Å². The number of hydrogen-bond acceptors (Lipinski definition) is 2. The quantitative estimate of drug-likeness (QED) is 0.857. The lowest BCUT2D eigenvalue weighted by molar-refractivity contribution is -0.114. The largest absolute Gasteiger partial charge is 0.374 e. The van der Waals surface area contributed by atoms with Crippen LogP contribution in [0.5, 0.6) is 0 Å². The summed E-state index contributed by atoms with van der Waals surface area (Å²) in [6.45, 7) is -0.0518.